The minimum atomic E-state index is 0.0846. The van der Waals surface area contributed by atoms with Crippen LogP contribution in [0.2, 0.25) is 5.02 Å². The molecule has 0 aliphatic carbocycles. The van der Waals surface area contributed by atoms with E-state index in [1.165, 1.54) is 0 Å². The van der Waals surface area contributed by atoms with Crippen molar-refractivity contribution in [2.24, 2.45) is 5.41 Å². The summed E-state index contributed by atoms with van der Waals surface area (Å²) in [5.74, 6) is 0.857. The summed E-state index contributed by atoms with van der Waals surface area (Å²) < 4.78 is 1.03. The van der Waals surface area contributed by atoms with Gasteiger partial charge in [-0.15, -0.1) is 11.8 Å². The number of hydrogen-bond donors (Lipinski definition) is 0. The van der Waals surface area contributed by atoms with Crippen molar-refractivity contribution in [1.82, 2.24) is 0 Å². The molecule has 1 rings (SSSR count). The second-order valence-electron chi connectivity index (χ2n) is 4.42. The Hall–Kier alpha value is -0.0500. The molecule has 0 aromatic heterocycles. The predicted octanol–water partition coefficient (Wildman–Crippen LogP) is 4.95. The molecule has 15 heavy (non-hydrogen) atoms. The summed E-state index contributed by atoms with van der Waals surface area (Å²) in [6.45, 7) is 6.40. The summed E-state index contributed by atoms with van der Waals surface area (Å²) in [6.07, 6.45) is 0. The van der Waals surface area contributed by atoms with E-state index in [9.17, 15) is 0 Å². The highest BCUT2D eigenvalue weighted by molar-refractivity contribution is 8.22. The zero-order chi connectivity index (χ0) is 11.5. The number of rotatable bonds is 2. The van der Waals surface area contributed by atoms with Crippen LogP contribution in [-0.2, 0) is 5.75 Å². The lowest BCUT2D eigenvalue weighted by Gasteiger charge is -2.19. The average Bonchev–Trinajstić information content (AvgIpc) is 2.14. The minimum Gasteiger partial charge on any atom is -0.114 e. The number of halogens is 1. The maximum Gasteiger partial charge on any atom is 0.0535 e. The van der Waals surface area contributed by atoms with Gasteiger partial charge in [-0.2, -0.15) is 0 Å². The molecule has 1 aromatic rings. The lowest BCUT2D eigenvalue weighted by Crippen LogP contribution is -2.14. The van der Waals surface area contributed by atoms with E-state index >= 15 is 0 Å². The second-order valence-corrected chi connectivity index (χ2v) is 6.48. The Morgan fingerprint density at radius 2 is 1.93 bits per heavy atom. The topological polar surface area (TPSA) is 0 Å². The number of benzene rings is 1. The van der Waals surface area contributed by atoms with Crippen LogP contribution in [0.5, 0.6) is 0 Å². The first-order chi connectivity index (χ1) is 6.91. The predicted molar refractivity (Wildman–Crippen MR) is 74.8 cm³/mol. The molecule has 0 heterocycles. The average molecular weight is 259 g/mol. The Bertz CT molecular complexity index is 353. The van der Waals surface area contributed by atoms with Gasteiger partial charge in [0.25, 0.3) is 0 Å². The van der Waals surface area contributed by atoms with Crippen LogP contribution in [0.4, 0.5) is 0 Å². The van der Waals surface area contributed by atoms with E-state index < -0.39 is 0 Å². The smallest absolute Gasteiger partial charge is 0.0535 e. The summed E-state index contributed by atoms with van der Waals surface area (Å²) in [5.41, 5.74) is 1.23. The van der Waals surface area contributed by atoms with Crippen molar-refractivity contribution >= 4 is 39.8 Å². The van der Waals surface area contributed by atoms with Crippen LogP contribution in [0.25, 0.3) is 0 Å². The highest BCUT2D eigenvalue weighted by Gasteiger charge is 2.17. The lowest BCUT2D eigenvalue weighted by atomic mass is 10.0. The SMILES string of the molecule is CC(C)(C)C(=S)SCc1ccccc1Cl. The van der Waals surface area contributed by atoms with E-state index in [-0.39, 0.29) is 5.41 Å². The zero-order valence-corrected chi connectivity index (χ0v) is 11.6. The first-order valence-electron chi connectivity index (χ1n) is 4.82. The molecular formula is C12H15ClS2. The molecule has 0 nitrogen and oxygen atoms in total. The van der Waals surface area contributed by atoms with Crippen LogP contribution in [0.1, 0.15) is 26.3 Å². The summed E-state index contributed by atoms with van der Waals surface area (Å²) in [7, 11) is 0. The van der Waals surface area contributed by atoms with Gasteiger partial charge in [-0.1, -0.05) is 62.8 Å². The number of thiocarbonyl (C=S) groups is 1. The van der Waals surface area contributed by atoms with Gasteiger partial charge in [-0.25, -0.2) is 0 Å². The fraction of sp³-hybridized carbons (Fsp3) is 0.417. The molecule has 1 aromatic carbocycles. The second kappa shape index (κ2) is 5.33. The summed E-state index contributed by atoms with van der Waals surface area (Å²) >= 11 is 13.1. The number of thioether (sulfide) groups is 1. The summed E-state index contributed by atoms with van der Waals surface area (Å²) in [6, 6.07) is 7.90. The first-order valence-corrected chi connectivity index (χ1v) is 6.59. The van der Waals surface area contributed by atoms with Crippen molar-refractivity contribution in [2.45, 2.75) is 26.5 Å². The first kappa shape index (κ1) is 13.0. The molecule has 0 radical (unpaired) electrons. The quantitative estimate of drug-likeness (QED) is 0.689. The largest absolute Gasteiger partial charge is 0.114 e. The molecular weight excluding hydrogens is 244 g/mol. The van der Waals surface area contributed by atoms with Crippen LogP contribution >= 0.6 is 35.6 Å². The summed E-state index contributed by atoms with van der Waals surface area (Å²) in [5, 5.41) is 0.821. The molecule has 0 fully saturated rings. The molecule has 0 atom stereocenters. The monoisotopic (exact) mass is 258 g/mol. The van der Waals surface area contributed by atoms with Crippen molar-refractivity contribution < 1.29 is 0 Å². The minimum absolute atomic E-state index is 0.0846. The lowest BCUT2D eigenvalue weighted by molar-refractivity contribution is 0.610. The van der Waals surface area contributed by atoms with Crippen LogP contribution in [0.15, 0.2) is 24.3 Å². The molecule has 0 aliphatic rings. The van der Waals surface area contributed by atoms with Gasteiger partial charge in [0.05, 0.1) is 4.20 Å². The van der Waals surface area contributed by atoms with Crippen LogP contribution < -0.4 is 0 Å². The van der Waals surface area contributed by atoms with Gasteiger partial charge in [0.1, 0.15) is 0 Å². The third-order valence-corrected chi connectivity index (χ3v) is 4.59. The normalized spacial score (nSPS) is 11.5. The van der Waals surface area contributed by atoms with Gasteiger partial charge >= 0.3 is 0 Å². The molecule has 0 unspecified atom stereocenters. The Labute approximate surface area is 106 Å². The molecule has 0 N–H and O–H groups in total. The van der Waals surface area contributed by atoms with Gasteiger partial charge in [0, 0.05) is 16.2 Å². The molecule has 0 saturated heterocycles. The molecule has 0 aliphatic heterocycles. The van der Waals surface area contributed by atoms with E-state index in [1.807, 2.05) is 24.3 Å². The third-order valence-electron chi connectivity index (χ3n) is 1.93. The van der Waals surface area contributed by atoms with Crippen LogP contribution in [0.3, 0.4) is 0 Å². The van der Waals surface area contributed by atoms with Gasteiger partial charge in [0.15, 0.2) is 0 Å². The van der Waals surface area contributed by atoms with Crippen molar-refractivity contribution in [3.05, 3.63) is 34.9 Å². The summed E-state index contributed by atoms with van der Waals surface area (Å²) in [4.78, 5) is 0. The van der Waals surface area contributed by atoms with Gasteiger partial charge in [-0.3, -0.25) is 0 Å². The van der Waals surface area contributed by atoms with Gasteiger partial charge in [0.2, 0.25) is 0 Å². The Kier molecular flexibility index (Phi) is 4.63. The maximum atomic E-state index is 6.07. The zero-order valence-electron chi connectivity index (χ0n) is 9.21. The van der Waals surface area contributed by atoms with E-state index in [1.54, 1.807) is 11.8 Å². The molecule has 0 spiro atoms. The molecule has 0 bridgehead atoms. The number of hydrogen-bond acceptors (Lipinski definition) is 2. The fourth-order valence-electron chi connectivity index (χ4n) is 0.975. The maximum absolute atomic E-state index is 6.07. The molecule has 0 saturated carbocycles. The fourth-order valence-corrected chi connectivity index (χ4v) is 2.41. The van der Waals surface area contributed by atoms with Gasteiger partial charge in [-0.05, 0) is 11.6 Å². The molecule has 0 amide bonds. The Morgan fingerprint density at radius 3 is 2.47 bits per heavy atom. The highest BCUT2D eigenvalue weighted by Crippen LogP contribution is 2.29. The third kappa shape index (κ3) is 4.13. The molecule has 82 valence electrons. The molecule has 3 heteroatoms. The standard InChI is InChI=1S/C12H15ClS2/c1-12(2,3)11(14)15-8-9-6-4-5-7-10(9)13/h4-7H,8H2,1-3H3. The van der Waals surface area contributed by atoms with Crippen LogP contribution in [-0.4, -0.2) is 4.20 Å². The highest BCUT2D eigenvalue weighted by atomic mass is 35.5. The van der Waals surface area contributed by atoms with Gasteiger partial charge < -0.3 is 0 Å². The van der Waals surface area contributed by atoms with Crippen molar-refractivity contribution in [2.75, 3.05) is 0 Å². The van der Waals surface area contributed by atoms with E-state index in [0.717, 1.165) is 20.5 Å². The van der Waals surface area contributed by atoms with E-state index in [2.05, 4.69) is 20.8 Å². The van der Waals surface area contributed by atoms with Crippen molar-refractivity contribution in [3.63, 3.8) is 0 Å². The Balaban J connectivity index is 2.59. The van der Waals surface area contributed by atoms with Crippen LogP contribution in [0, 0.1) is 5.41 Å². The van der Waals surface area contributed by atoms with Crippen molar-refractivity contribution in [1.29, 1.82) is 0 Å². The van der Waals surface area contributed by atoms with E-state index in [4.69, 9.17) is 23.8 Å². The van der Waals surface area contributed by atoms with Crippen molar-refractivity contribution in [3.8, 4) is 0 Å². The Morgan fingerprint density at radius 1 is 1.33 bits per heavy atom. The van der Waals surface area contributed by atoms with E-state index in [0.29, 0.717) is 0 Å².